The fourth-order valence-corrected chi connectivity index (χ4v) is 7.14. The van der Waals surface area contributed by atoms with Crippen LogP contribution >= 0.6 is 15.9 Å². The van der Waals surface area contributed by atoms with Crippen LogP contribution in [0.1, 0.15) is 70.9 Å². The summed E-state index contributed by atoms with van der Waals surface area (Å²) >= 11 is 3.50. The number of rotatable bonds is 8. The number of piperidine rings is 1. The van der Waals surface area contributed by atoms with Gasteiger partial charge in [-0.2, -0.15) is 0 Å². The molecule has 2 amide bonds. The number of nitrogens with one attached hydrogen (secondary N) is 2. The van der Waals surface area contributed by atoms with E-state index < -0.39 is 0 Å². The molecule has 224 valence electrons. The summed E-state index contributed by atoms with van der Waals surface area (Å²) in [6.45, 7) is 2.73. The van der Waals surface area contributed by atoms with Crippen molar-refractivity contribution < 1.29 is 14.3 Å². The van der Waals surface area contributed by atoms with E-state index >= 15 is 0 Å². The number of ether oxygens (including phenoxy) is 1. The van der Waals surface area contributed by atoms with Crippen molar-refractivity contribution in [2.24, 2.45) is 5.92 Å². The number of pyridine rings is 1. The van der Waals surface area contributed by atoms with Gasteiger partial charge in [-0.25, -0.2) is 0 Å². The third-order valence-corrected chi connectivity index (χ3v) is 9.55. The van der Waals surface area contributed by atoms with Crippen LogP contribution in [0.3, 0.4) is 0 Å². The minimum atomic E-state index is -0.303. The first kappa shape index (κ1) is 29.2. The number of anilines is 2. The number of halogens is 1. The molecule has 2 atom stereocenters. The van der Waals surface area contributed by atoms with E-state index in [0.717, 1.165) is 43.6 Å². The van der Waals surface area contributed by atoms with Gasteiger partial charge in [0.15, 0.2) is 0 Å². The summed E-state index contributed by atoms with van der Waals surface area (Å²) in [5, 5.41) is 6.17. The van der Waals surface area contributed by atoms with Crippen LogP contribution < -0.4 is 25.8 Å². The predicted octanol–water partition coefficient (Wildman–Crippen LogP) is 6.12. The number of methoxy groups -OCH3 is 1. The second kappa shape index (κ2) is 12.8. The monoisotopic (exact) mass is 644 g/mol. The number of fused-ring (bicyclic) bond motifs is 4. The highest BCUT2D eigenvalue weighted by Crippen LogP contribution is 2.39. The van der Waals surface area contributed by atoms with E-state index in [0.29, 0.717) is 52.6 Å². The Bertz CT molecular complexity index is 1630. The second-order valence-electron chi connectivity index (χ2n) is 11.7. The number of hydrogen-bond acceptors (Lipinski definition) is 5. The summed E-state index contributed by atoms with van der Waals surface area (Å²) in [6.07, 6.45) is 8.88. The Hall–Kier alpha value is -3.85. The molecular weight excluding hydrogens is 608 g/mol. The zero-order valence-electron chi connectivity index (χ0n) is 24.4. The Morgan fingerprint density at radius 1 is 1.02 bits per heavy atom. The zero-order chi connectivity index (χ0) is 29.9. The molecule has 0 radical (unpaired) electrons. The Labute approximate surface area is 260 Å². The van der Waals surface area contributed by atoms with Gasteiger partial charge in [-0.1, -0.05) is 17.7 Å². The minimum absolute atomic E-state index is 0.0487. The number of amides is 2. The van der Waals surface area contributed by atoms with Crippen LogP contribution in [0, 0.1) is 5.92 Å². The van der Waals surface area contributed by atoms with Crippen molar-refractivity contribution in [3.8, 4) is 5.75 Å². The van der Waals surface area contributed by atoms with Crippen LogP contribution in [-0.4, -0.2) is 43.1 Å². The standard InChI is InChI=1S/C34H37BrN4O4/c1-43-26-11-12-28(35)27(18-26)34(42)37-29-17-24(33(41)36-15-14-22-6-3-2-4-7-22)10-13-31(29)38-19-23-16-25(21-38)30-8-5-9-32(40)39(30)20-23/h5-6,8-13,17-18,23,25H,2-4,7,14-16,19-21H2,1H3,(H,36,41)(H,37,42)/t23-,25+/m1/s1. The molecular formula is C34H37BrN4O4. The fourth-order valence-electron chi connectivity index (χ4n) is 6.71. The highest BCUT2D eigenvalue weighted by atomic mass is 79.9. The highest BCUT2D eigenvalue weighted by Gasteiger charge is 2.35. The van der Waals surface area contributed by atoms with E-state index in [9.17, 15) is 14.4 Å². The molecule has 2 aromatic carbocycles. The maximum Gasteiger partial charge on any atom is 0.257 e. The third kappa shape index (κ3) is 6.42. The zero-order valence-corrected chi connectivity index (χ0v) is 26.0. The van der Waals surface area contributed by atoms with Crippen molar-refractivity contribution in [2.45, 2.75) is 51.0 Å². The molecule has 2 N–H and O–H groups in total. The van der Waals surface area contributed by atoms with Gasteiger partial charge in [0.25, 0.3) is 17.4 Å². The van der Waals surface area contributed by atoms with Crippen LogP contribution in [0.25, 0.3) is 0 Å². The second-order valence-corrected chi connectivity index (χ2v) is 12.6. The van der Waals surface area contributed by atoms with Crippen molar-refractivity contribution >= 4 is 39.1 Å². The van der Waals surface area contributed by atoms with Crippen LogP contribution in [0.5, 0.6) is 5.75 Å². The molecule has 43 heavy (non-hydrogen) atoms. The van der Waals surface area contributed by atoms with Gasteiger partial charge in [-0.15, -0.1) is 0 Å². The molecule has 8 nitrogen and oxygen atoms in total. The number of nitrogens with zero attached hydrogens (tertiary/aromatic N) is 2. The lowest BCUT2D eigenvalue weighted by molar-refractivity contribution is 0.0952. The molecule has 0 saturated carbocycles. The Balaban J connectivity index is 1.27. The molecule has 6 rings (SSSR count). The average molecular weight is 646 g/mol. The Kier molecular flexibility index (Phi) is 8.70. The summed E-state index contributed by atoms with van der Waals surface area (Å²) in [5.74, 6) is 0.620. The van der Waals surface area contributed by atoms with Gasteiger partial charge >= 0.3 is 0 Å². The highest BCUT2D eigenvalue weighted by molar-refractivity contribution is 9.10. The number of carbonyl (C=O) groups is 2. The van der Waals surface area contributed by atoms with Gasteiger partial charge in [0.05, 0.1) is 24.0 Å². The van der Waals surface area contributed by atoms with Gasteiger partial charge < -0.3 is 24.8 Å². The van der Waals surface area contributed by atoms with E-state index in [1.165, 1.54) is 18.4 Å². The first-order valence-electron chi connectivity index (χ1n) is 15.1. The Morgan fingerprint density at radius 2 is 1.91 bits per heavy atom. The number of hydrogen-bond donors (Lipinski definition) is 2. The molecule has 3 aliphatic rings. The van der Waals surface area contributed by atoms with Crippen molar-refractivity contribution in [2.75, 3.05) is 37.0 Å². The number of carbonyl (C=O) groups excluding carboxylic acids is 2. The molecule has 3 aromatic rings. The van der Waals surface area contributed by atoms with Gasteiger partial charge in [0, 0.05) is 53.9 Å². The van der Waals surface area contributed by atoms with Crippen LogP contribution in [-0.2, 0) is 6.54 Å². The largest absolute Gasteiger partial charge is 0.497 e. The van der Waals surface area contributed by atoms with Crippen LogP contribution in [0.2, 0.25) is 0 Å². The molecule has 1 aromatic heterocycles. The molecule has 1 saturated heterocycles. The predicted molar refractivity (Wildman–Crippen MR) is 172 cm³/mol. The summed E-state index contributed by atoms with van der Waals surface area (Å²) in [7, 11) is 1.56. The van der Waals surface area contributed by atoms with Crippen molar-refractivity contribution in [3.63, 3.8) is 0 Å². The quantitative estimate of drug-likeness (QED) is 0.289. The van der Waals surface area contributed by atoms with Crippen LogP contribution in [0.15, 0.2) is 75.5 Å². The molecule has 3 heterocycles. The number of allylic oxidation sites excluding steroid dienone is 1. The SMILES string of the molecule is COc1ccc(Br)c(C(=O)Nc2cc(C(=O)NCCC3=CCCCC3)ccc2N2C[C@H]3C[C@@H](C2)c2cccc(=O)n2C3)c1. The van der Waals surface area contributed by atoms with Gasteiger partial charge in [-0.3, -0.25) is 14.4 Å². The molecule has 0 unspecified atom stereocenters. The maximum atomic E-state index is 13.6. The normalized spacial score (nSPS) is 19.2. The third-order valence-electron chi connectivity index (χ3n) is 8.86. The average Bonchev–Trinajstić information content (AvgIpc) is 3.02. The number of benzene rings is 2. The first-order chi connectivity index (χ1) is 20.9. The first-order valence-corrected chi connectivity index (χ1v) is 15.9. The smallest absolute Gasteiger partial charge is 0.257 e. The van der Waals surface area contributed by atoms with Gasteiger partial charge in [0.1, 0.15) is 5.75 Å². The van der Waals surface area contributed by atoms with E-state index in [1.54, 1.807) is 37.4 Å². The minimum Gasteiger partial charge on any atom is -0.497 e. The lowest BCUT2D eigenvalue weighted by Crippen LogP contribution is -2.47. The van der Waals surface area contributed by atoms with E-state index in [1.807, 2.05) is 28.8 Å². The fraction of sp³-hybridized carbons (Fsp3) is 0.382. The Morgan fingerprint density at radius 3 is 2.72 bits per heavy atom. The molecule has 1 aliphatic carbocycles. The van der Waals surface area contributed by atoms with Gasteiger partial charge in [-0.05, 0) is 103 Å². The maximum absolute atomic E-state index is 13.6. The summed E-state index contributed by atoms with van der Waals surface area (Å²) in [4.78, 5) is 41.7. The van der Waals surface area contributed by atoms with E-state index in [4.69, 9.17) is 4.74 Å². The van der Waals surface area contributed by atoms with Crippen molar-refractivity contribution in [3.05, 3.63) is 97.9 Å². The molecule has 2 bridgehead atoms. The lowest BCUT2D eigenvalue weighted by atomic mass is 9.83. The molecule has 2 aliphatic heterocycles. The molecule has 1 fully saturated rings. The lowest BCUT2D eigenvalue weighted by Gasteiger charge is -2.44. The van der Waals surface area contributed by atoms with Crippen LogP contribution in [0.4, 0.5) is 11.4 Å². The molecule has 0 spiro atoms. The number of aromatic nitrogens is 1. The summed E-state index contributed by atoms with van der Waals surface area (Å²) in [5.41, 5.74) is 4.89. The van der Waals surface area contributed by atoms with E-state index in [-0.39, 0.29) is 23.3 Å². The molecule has 9 heteroatoms. The topological polar surface area (TPSA) is 92.7 Å². The summed E-state index contributed by atoms with van der Waals surface area (Å²) < 4.78 is 7.91. The van der Waals surface area contributed by atoms with Crippen molar-refractivity contribution in [1.29, 1.82) is 0 Å². The van der Waals surface area contributed by atoms with E-state index in [2.05, 4.69) is 37.5 Å². The van der Waals surface area contributed by atoms with Crippen molar-refractivity contribution in [1.82, 2.24) is 9.88 Å². The van der Waals surface area contributed by atoms with Gasteiger partial charge in [0.2, 0.25) is 0 Å². The summed E-state index contributed by atoms with van der Waals surface area (Å²) in [6, 6.07) is 16.3.